The number of benzene rings is 2. The number of carbonyl (C=O) groups is 2. The summed E-state index contributed by atoms with van der Waals surface area (Å²) in [6, 6.07) is 10.8. The van der Waals surface area contributed by atoms with Gasteiger partial charge in [-0.25, -0.2) is 0 Å². The molecule has 1 aliphatic heterocycles. The molecule has 1 heterocycles. The van der Waals surface area contributed by atoms with Gasteiger partial charge in [-0.15, -0.1) is 0 Å². The van der Waals surface area contributed by atoms with Crippen LogP contribution in [0.25, 0.3) is 5.76 Å². The standard InChI is InChI=1S/C23H25NO7/c1-29-16-8-5-14(6-9-16)21(26)19-20(24(11-4-12-25)23(28)22(19)27)15-7-10-17(30-2)18(13-15)31-3/h5-10,13,20,25-26H,4,11-12H2,1-3H3/b21-19+/t20-/m1/s1. The zero-order chi connectivity index (χ0) is 22.5. The highest BCUT2D eigenvalue weighted by Crippen LogP contribution is 2.42. The van der Waals surface area contributed by atoms with Crippen molar-refractivity contribution in [1.29, 1.82) is 0 Å². The first-order valence-corrected chi connectivity index (χ1v) is 9.72. The van der Waals surface area contributed by atoms with Crippen molar-refractivity contribution in [1.82, 2.24) is 4.90 Å². The first kappa shape index (κ1) is 22.2. The molecule has 0 bridgehead atoms. The van der Waals surface area contributed by atoms with Gasteiger partial charge >= 0.3 is 0 Å². The molecular weight excluding hydrogens is 402 g/mol. The maximum Gasteiger partial charge on any atom is 0.295 e. The molecule has 3 rings (SSSR count). The summed E-state index contributed by atoms with van der Waals surface area (Å²) < 4.78 is 15.8. The van der Waals surface area contributed by atoms with E-state index in [-0.39, 0.29) is 24.5 Å². The van der Waals surface area contributed by atoms with Gasteiger partial charge in [-0.1, -0.05) is 6.07 Å². The number of nitrogens with zero attached hydrogens (tertiary/aromatic N) is 1. The van der Waals surface area contributed by atoms with Crippen molar-refractivity contribution in [2.75, 3.05) is 34.5 Å². The molecule has 1 saturated heterocycles. The molecule has 0 aliphatic carbocycles. The number of hydrogen-bond acceptors (Lipinski definition) is 7. The second-order valence-corrected chi connectivity index (χ2v) is 6.91. The van der Waals surface area contributed by atoms with E-state index in [2.05, 4.69) is 0 Å². The number of amides is 1. The fraction of sp³-hybridized carbons (Fsp3) is 0.304. The molecule has 1 amide bonds. The van der Waals surface area contributed by atoms with Crippen LogP contribution in [0.3, 0.4) is 0 Å². The smallest absolute Gasteiger partial charge is 0.295 e. The molecule has 31 heavy (non-hydrogen) atoms. The first-order valence-electron chi connectivity index (χ1n) is 9.72. The third-order valence-electron chi connectivity index (χ3n) is 5.18. The maximum atomic E-state index is 12.9. The van der Waals surface area contributed by atoms with Gasteiger partial charge in [-0.3, -0.25) is 9.59 Å². The topological polar surface area (TPSA) is 106 Å². The average Bonchev–Trinajstić information content (AvgIpc) is 3.06. The fourth-order valence-corrected chi connectivity index (χ4v) is 3.63. The molecule has 8 heteroatoms. The average molecular weight is 427 g/mol. The summed E-state index contributed by atoms with van der Waals surface area (Å²) in [4.78, 5) is 27.1. The van der Waals surface area contributed by atoms with Gasteiger partial charge in [0, 0.05) is 18.7 Å². The second-order valence-electron chi connectivity index (χ2n) is 6.91. The van der Waals surface area contributed by atoms with Gasteiger partial charge in [0.2, 0.25) is 0 Å². The minimum absolute atomic E-state index is 0.0275. The molecule has 0 saturated carbocycles. The van der Waals surface area contributed by atoms with Crippen molar-refractivity contribution < 1.29 is 34.0 Å². The third-order valence-corrected chi connectivity index (χ3v) is 5.18. The minimum Gasteiger partial charge on any atom is -0.507 e. The third kappa shape index (κ3) is 4.20. The molecule has 8 nitrogen and oxygen atoms in total. The lowest BCUT2D eigenvalue weighted by molar-refractivity contribution is -0.140. The van der Waals surface area contributed by atoms with E-state index in [1.54, 1.807) is 42.5 Å². The molecule has 2 N–H and O–H groups in total. The minimum atomic E-state index is -0.839. The molecule has 2 aromatic carbocycles. The van der Waals surface area contributed by atoms with Gasteiger partial charge in [0.05, 0.1) is 32.9 Å². The normalized spacial score (nSPS) is 17.7. The Kier molecular flexibility index (Phi) is 6.81. The van der Waals surface area contributed by atoms with Gasteiger partial charge in [-0.2, -0.15) is 0 Å². The molecule has 0 spiro atoms. The van der Waals surface area contributed by atoms with Gasteiger partial charge in [0.15, 0.2) is 11.5 Å². The van der Waals surface area contributed by atoms with Crippen LogP contribution in [0.4, 0.5) is 0 Å². The summed E-state index contributed by atoms with van der Waals surface area (Å²) in [5.41, 5.74) is 0.927. The highest BCUT2D eigenvalue weighted by Gasteiger charge is 2.46. The Morgan fingerprint density at radius 2 is 1.65 bits per heavy atom. The van der Waals surface area contributed by atoms with Crippen LogP contribution in [0.5, 0.6) is 17.2 Å². The Labute approximate surface area is 180 Å². The van der Waals surface area contributed by atoms with Crippen LogP contribution in [0.15, 0.2) is 48.0 Å². The number of aliphatic hydroxyl groups excluding tert-OH is 2. The molecule has 2 aromatic rings. The van der Waals surface area contributed by atoms with Crippen LogP contribution < -0.4 is 14.2 Å². The number of likely N-dealkylation sites (tertiary alicyclic amines) is 1. The first-order chi connectivity index (χ1) is 15.0. The number of aliphatic hydroxyl groups is 2. The van der Waals surface area contributed by atoms with E-state index in [1.165, 1.54) is 26.2 Å². The van der Waals surface area contributed by atoms with Crippen molar-refractivity contribution in [2.24, 2.45) is 0 Å². The Hall–Kier alpha value is -3.52. The Morgan fingerprint density at radius 3 is 2.23 bits per heavy atom. The van der Waals surface area contributed by atoms with Crippen LogP contribution >= 0.6 is 0 Å². The highest BCUT2D eigenvalue weighted by molar-refractivity contribution is 6.46. The lowest BCUT2D eigenvalue weighted by Crippen LogP contribution is -2.31. The molecule has 0 aromatic heterocycles. The van der Waals surface area contributed by atoms with Crippen molar-refractivity contribution >= 4 is 17.4 Å². The van der Waals surface area contributed by atoms with E-state index < -0.39 is 17.7 Å². The van der Waals surface area contributed by atoms with Gasteiger partial charge in [-0.05, 0) is 48.4 Å². The van der Waals surface area contributed by atoms with Crippen LogP contribution in [0.2, 0.25) is 0 Å². The molecule has 1 aliphatic rings. The predicted molar refractivity (Wildman–Crippen MR) is 113 cm³/mol. The lowest BCUT2D eigenvalue weighted by Gasteiger charge is -2.25. The van der Waals surface area contributed by atoms with Crippen LogP contribution in [-0.2, 0) is 9.59 Å². The lowest BCUT2D eigenvalue weighted by atomic mass is 9.95. The zero-order valence-corrected chi connectivity index (χ0v) is 17.6. The number of ketones is 1. The zero-order valence-electron chi connectivity index (χ0n) is 17.6. The fourth-order valence-electron chi connectivity index (χ4n) is 3.63. The quantitative estimate of drug-likeness (QED) is 0.379. The van der Waals surface area contributed by atoms with Crippen molar-refractivity contribution in [3.63, 3.8) is 0 Å². The SMILES string of the molecule is COc1ccc(/C(O)=C2\C(=O)C(=O)N(CCCO)[C@@H]2c2ccc(OC)c(OC)c2)cc1. The van der Waals surface area contributed by atoms with E-state index in [0.29, 0.717) is 34.8 Å². The monoisotopic (exact) mass is 427 g/mol. The van der Waals surface area contributed by atoms with Crippen molar-refractivity contribution in [2.45, 2.75) is 12.5 Å². The predicted octanol–water partition coefficient (Wildman–Crippen LogP) is 2.52. The Bertz CT molecular complexity index is 997. The molecule has 0 unspecified atom stereocenters. The summed E-state index contributed by atoms with van der Waals surface area (Å²) in [7, 11) is 4.52. The van der Waals surface area contributed by atoms with Crippen molar-refractivity contribution in [3.05, 3.63) is 59.2 Å². The Morgan fingerprint density at radius 1 is 0.968 bits per heavy atom. The largest absolute Gasteiger partial charge is 0.507 e. The van der Waals surface area contributed by atoms with E-state index in [1.807, 2.05) is 0 Å². The number of methoxy groups -OCH3 is 3. The molecule has 1 atom stereocenters. The maximum absolute atomic E-state index is 12.9. The number of Topliss-reactive ketones (excluding diaryl/α,β-unsaturated/α-hetero) is 1. The van der Waals surface area contributed by atoms with E-state index in [9.17, 15) is 19.8 Å². The number of carbonyl (C=O) groups excluding carboxylic acids is 2. The van der Waals surface area contributed by atoms with Gasteiger partial charge in [0.1, 0.15) is 11.5 Å². The molecule has 1 fully saturated rings. The van der Waals surface area contributed by atoms with E-state index in [4.69, 9.17) is 14.2 Å². The highest BCUT2D eigenvalue weighted by atomic mass is 16.5. The molecular formula is C23H25NO7. The van der Waals surface area contributed by atoms with E-state index >= 15 is 0 Å². The van der Waals surface area contributed by atoms with Crippen LogP contribution in [0, 0.1) is 0 Å². The van der Waals surface area contributed by atoms with Gasteiger partial charge in [0.25, 0.3) is 11.7 Å². The number of hydrogen-bond donors (Lipinski definition) is 2. The number of rotatable bonds is 8. The van der Waals surface area contributed by atoms with E-state index in [0.717, 1.165) is 0 Å². The summed E-state index contributed by atoms with van der Waals surface area (Å²) in [5, 5.41) is 20.3. The van der Waals surface area contributed by atoms with Crippen molar-refractivity contribution in [3.8, 4) is 17.2 Å². The van der Waals surface area contributed by atoms with Crippen LogP contribution in [0.1, 0.15) is 23.6 Å². The van der Waals surface area contributed by atoms with Crippen LogP contribution in [-0.4, -0.2) is 61.3 Å². The summed E-state index contributed by atoms with van der Waals surface area (Å²) in [6.45, 7) is 0.0135. The summed E-state index contributed by atoms with van der Waals surface area (Å²) in [6.07, 6.45) is 0.291. The second kappa shape index (κ2) is 9.53. The van der Waals surface area contributed by atoms with Gasteiger partial charge < -0.3 is 29.3 Å². The molecule has 0 radical (unpaired) electrons. The molecule has 164 valence electrons. The summed E-state index contributed by atoms with van der Waals surface area (Å²) >= 11 is 0. The number of ether oxygens (including phenoxy) is 3. The Balaban J connectivity index is 2.17. The summed E-state index contributed by atoms with van der Waals surface area (Å²) in [5.74, 6) is -0.288.